The van der Waals surface area contributed by atoms with Crippen molar-refractivity contribution in [1.29, 1.82) is 0 Å². The predicted octanol–water partition coefficient (Wildman–Crippen LogP) is 0.308. The van der Waals surface area contributed by atoms with E-state index in [4.69, 9.17) is 4.74 Å². The van der Waals surface area contributed by atoms with Crippen LogP contribution in [-0.2, 0) is 9.53 Å². The first-order valence-corrected chi connectivity index (χ1v) is 7.50. The number of likely N-dealkylation sites (tertiary alicyclic amines) is 1. The summed E-state index contributed by atoms with van der Waals surface area (Å²) in [6.07, 6.45) is 3.03. The Morgan fingerprint density at radius 2 is 2.37 bits per heavy atom. The minimum absolute atomic E-state index is 0.189. The van der Waals surface area contributed by atoms with E-state index in [-0.39, 0.29) is 11.9 Å². The summed E-state index contributed by atoms with van der Waals surface area (Å²) in [4.78, 5) is 16.6. The molecule has 2 heterocycles. The van der Waals surface area contributed by atoms with Crippen molar-refractivity contribution in [3.8, 4) is 0 Å². The number of rotatable bonds is 5. The van der Waals surface area contributed by atoms with Crippen molar-refractivity contribution < 1.29 is 9.53 Å². The predicted molar refractivity (Wildman–Crippen MR) is 75.1 cm³/mol. The fourth-order valence-corrected chi connectivity index (χ4v) is 3.05. The molecule has 2 unspecified atom stereocenters. The number of nitrogens with zero attached hydrogens (tertiary/aromatic N) is 2. The van der Waals surface area contributed by atoms with Gasteiger partial charge in [0.15, 0.2) is 0 Å². The Morgan fingerprint density at radius 1 is 1.53 bits per heavy atom. The maximum absolute atomic E-state index is 12.2. The highest BCUT2D eigenvalue weighted by atomic mass is 16.5. The first-order chi connectivity index (χ1) is 9.20. The summed E-state index contributed by atoms with van der Waals surface area (Å²) >= 11 is 0. The van der Waals surface area contributed by atoms with Crippen LogP contribution in [0.2, 0.25) is 0 Å². The normalized spacial score (nSPS) is 28.5. The van der Waals surface area contributed by atoms with E-state index in [1.54, 1.807) is 0 Å². The lowest BCUT2D eigenvalue weighted by molar-refractivity contribution is -0.131. The second-order valence-corrected chi connectivity index (χ2v) is 5.63. The van der Waals surface area contributed by atoms with Gasteiger partial charge in [-0.05, 0) is 25.9 Å². The second-order valence-electron chi connectivity index (χ2n) is 5.63. The maximum Gasteiger partial charge on any atom is 0.224 e. The number of ether oxygens (including phenoxy) is 1. The summed E-state index contributed by atoms with van der Waals surface area (Å²) in [5.74, 6) is 0.228. The Hall–Kier alpha value is -0.650. The fourth-order valence-electron chi connectivity index (χ4n) is 3.05. The lowest BCUT2D eigenvalue weighted by Crippen LogP contribution is -2.46. The highest BCUT2D eigenvalue weighted by Gasteiger charge is 2.26. The zero-order chi connectivity index (χ0) is 13.7. The standard InChI is InChI=1S/C14H27N3O2/c1-3-17-7-4-5-13(17)10-16(2)14(18)9-12-11-19-8-6-15-12/h12-13,15H,3-11H2,1-2H3. The van der Waals surface area contributed by atoms with E-state index in [0.29, 0.717) is 19.1 Å². The number of likely N-dealkylation sites (N-methyl/N-ethyl adjacent to an activating group) is 2. The van der Waals surface area contributed by atoms with Crippen molar-refractivity contribution in [2.45, 2.75) is 38.3 Å². The Balaban J connectivity index is 1.75. The van der Waals surface area contributed by atoms with Gasteiger partial charge in [-0.2, -0.15) is 0 Å². The van der Waals surface area contributed by atoms with Crippen LogP contribution in [0.1, 0.15) is 26.2 Å². The van der Waals surface area contributed by atoms with Gasteiger partial charge in [-0.3, -0.25) is 9.69 Å². The van der Waals surface area contributed by atoms with Gasteiger partial charge >= 0.3 is 0 Å². The Morgan fingerprint density at radius 3 is 3.05 bits per heavy atom. The lowest BCUT2D eigenvalue weighted by Gasteiger charge is -2.29. The fraction of sp³-hybridized carbons (Fsp3) is 0.929. The van der Waals surface area contributed by atoms with Crippen LogP contribution < -0.4 is 5.32 Å². The molecular formula is C14H27N3O2. The summed E-state index contributed by atoms with van der Waals surface area (Å²) in [6.45, 7) is 7.60. The van der Waals surface area contributed by atoms with Gasteiger partial charge in [-0.1, -0.05) is 6.92 Å². The number of morpholine rings is 1. The van der Waals surface area contributed by atoms with Crippen molar-refractivity contribution in [3.05, 3.63) is 0 Å². The Kier molecular flexibility index (Phi) is 5.60. The van der Waals surface area contributed by atoms with Crippen molar-refractivity contribution in [3.63, 3.8) is 0 Å². The summed E-state index contributed by atoms with van der Waals surface area (Å²) in [6, 6.07) is 0.740. The highest BCUT2D eigenvalue weighted by Crippen LogP contribution is 2.17. The number of nitrogens with one attached hydrogen (secondary N) is 1. The molecule has 0 radical (unpaired) electrons. The van der Waals surface area contributed by atoms with E-state index in [1.807, 2.05) is 11.9 Å². The molecule has 2 rings (SSSR count). The highest BCUT2D eigenvalue weighted by molar-refractivity contribution is 5.76. The molecule has 2 atom stereocenters. The summed E-state index contributed by atoms with van der Waals surface area (Å²) in [5, 5.41) is 3.34. The maximum atomic E-state index is 12.2. The van der Waals surface area contributed by atoms with Crippen LogP contribution in [0.3, 0.4) is 0 Å². The third-order valence-corrected chi connectivity index (χ3v) is 4.24. The molecule has 0 aliphatic carbocycles. The molecule has 2 aliphatic heterocycles. The first kappa shape index (κ1) is 14.8. The summed E-state index contributed by atoms with van der Waals surface area (Å²) < 4.78 is 5.39. The third kappa shape index (κ3) is 4.16. The second kappa shape index (κ2) is 7.22. The molecular weight excluding hydrogens is 242 g/mol. The monoisotopic (exact) mass is 269 g/mol. The molecule has 2 aliphatic rings. The minimum Gasteiger partial charge on any atom is -0.378 e. The number of amides is 1. The molecule has 5 nitrogen and oxygen atoms in total. The molecule has 0 bridgehead atoms. The molecule has 110 valence electrons. The van der Waals surface area contributed by atoms with E-state index in [1.165, 1.54) is 19.4 Å². The SMILES string of the molecule is CCN1CCCC1CN(C)C(=O)CC1COCCN1. The quantitative estimate of drug-likeness (QED) is 0.780. The summed E-state index contributed by atoms with van der Waals surface area (Å²) in [5.41, 5.74) is 0. The molecule has 19 heavy (non-hydrogen) atoms. The van der Waals surface area contributed by atoms with Crippen LogP contribution in [0, 0.1) is 0 Å². The van der Waals surface area contributed by atoms with Crippen molar-refractivity contribution in [2.24, 2.45) is 0 Å². The molecule has 0 saturated carbocycles. The number of carbonyl (C=O) groups excluding carboxylic acids is 1. The largest absolute Gasteiger partial charge is 0.378 e. The first-order valence-electron chi connectivity index (χ1n) is 7.50. The average molecular weight is 269 g/mol. The number of hydrogen-bond acceptors (Lipinski definition) is 4. The van der Waals surface area contributed by atoms with Crippen LogP contribution in [0.5, 0.6) is 0 Å². The molecule has 2 saturated heterocycles. The van der Waals surface area contributed by atoms with Crippen LogP contribution in [0.15, 0.2) is 0 Å². The third-order valence-electron chi connectivity index (χ3n) is 4.24. The molecule has 2 fully saturated rings. The molecule has 5 heteroatoms. The van der Waals surface area contributed by atoms with Gasteiger partial charge in [-0.25, -0.2) is 0 Å². The van der Waals surface area contributed by atoms with Gasteiger partial charge in [0.25, 0.3) is 0 Å². The van der Waals surface area contributed by atoms with Crippen molar-refractivity contribution >= 4 is 5.91 Å². The van der Waals surface area contributed by atoms with Crippen LogP contribution >= 0.6 is 0 Å². The van der Waals surface area contributed by atoms with E-state index >= 15 is 0 Å². The molecule has 0 aromatic heterocycles. The minimum atomic E-state index is 0.189. The topological polar surface area (TPSA) is 44.8 Å². The van der Waals surface area contributed by atoms with Crippen molar-refractivity contribution in [2.75, 3.05) is 46.4 Å². The average Bonchev–Trinajstić information content (AvgIpc) is 2.87. The van der Waals surface area contributed by atoms with Gasteiger partial charge in [0, 0.05) is 38.6 Å². The molecule has 1 N–H and O–H groups in total. The summed E-state index contributed by atoms with van der Waals surface area (Å²) in [7, 11) is 1.93. The van der Waals surface area contributed by atoms with Gasteiger partial charge in [0.1, 0.15) is 0 Å². The van der Waals surface area contributed by atoms with E-state index < -0.39 is 0 Å². The van der Waals surface area contributed by atoms with Gasteiger partial charge in [0.2, 0.25) is 5.91 Å². The molecule has 0 spiro atoms. The molecule has 0 aromatic rings. The number of carbonyl (C=O) groups is 1. The van der Waals surface area contributed by atoms with E-state index in [2.05, 4.69) is 17.1 Å². The zero-order valence-corrected chi connectivity index (χ0v) is 12.2. The Labute approximate surface area is 116 Å². The van der Waals surface area contributed by atoms with Gasteiger partial charge in [-0.15, -0.1) is 0 Å². The smallest absolute Gasteiger partial charge is 0.224 e. The van der Waals surface area contributed by atoms with Gasteiger partial charge in [0.05, 0.1) is 13.2 Å². The Bertz CT molecular complexity index is 292. The van der Waals surface area contributed by atoms with Crippen LogP contribution in [0.25, 0.3) is 0 Å². The van der Waals surface area contributed by atoms with E-state index in [0.717, 1.165) is 26.2 Å². The lowest BCUT2D eigenvalue weighted by atomic mass is 10.1. The van der Waals surface area contributed by atoms with Crippen LogP contribution in [-0.4, -0.2) is 74.2 Å². The number of hydrogen-bond donors (Lipinski definition) is 1. The van der Waals surface area contributed by atoms with Gasteiger partial charge < -0.3 is 15.0 Å². The molecule has 1 amide bonds. The molecule has 0 aromatic carbocycles. The van der Waals surface area contributed by atoms with Crippen LogP contribution in [0.4, 0.5) is 0 Å². The zero-order valence-electron chi connectivity index (χ0n) is 12.2. The van der Waals surface area contributed by atoms with Crippen molar-refractivity contribution in [1.82, 2.24) is 15.1 Å². The van der Waals surface area contributed by atoms with E-state index in [9.17, 15) is 4.79 Å².